The summed E-state index contributed by atoms with van der Waals surface area (Å²) in [4.78, 5) is 14.8. The molecule has 5 rings (SSSR count). The number of fused-ring (bicyclic) bond motifs is 1. The average Bonchev–Trinajstić information content (AvgIpc) is 3.27. The molecule has 2 aliphatic heterocycles. The molecule has 4 nitrogen and oxygen atoms in total. The average molecular weight is 413 g/mol. The predicted molar refractivity (Wildman–Crippen MR) is 125 cm³/mol. The number of hydrazone groups is 1. The highest BCUT2D eigenvalue weighted by Gasteiger charge is 2.35. The summed E-state index contributed by atoms with van der Waals surface area (Å²) in [5.41, 5.74) is 3.25. The lowest BCUT2D eigenvalue weighted by molar-refractivity contribution is -0.921. The number of hydrogen-bond donors (Lipinski definition) is 1. The number of piperidine rings is 1. The lowest BCUT2D eigenvalue weighted by Crippen LogP contribution is -3.17. The third-order valence-electron chi connectivity index (χ3n) is 6.89. The Morgan fingerprint density at radius 2 is 1.77 bits per heavy atom. The summed E-state index contributed by atoms with van der Waals surface area (Å²) in [5, 5.41) is 9.10. The monoisotopic (exact) mass is 412 g/mol. The van der Waals surface area contributed by atoms with Crippen molar-refractivity contribution in [3.8, 4) is 0 Å². The van der Waals surface area contributed by atoms with Gasteiger partial charge in [-0.1, -0.05) is 66.7 Å². The molecule has 3 atom stereocenters. The summed E-state index contributed by atoms with van der Waals surface area (Å²) in [6.07, 6.45) is 4.44. The maximum Gasteiger partial charge on any atom is 0.298 e. The molecule has 1 N–H and O–H groups in total. The molecular formula is C27H30N3O+. The first kappa shape index (κ1) is 20.0. The van der Waals surface area contributed by atoms with Gasteiger partial charge in [0.15, 0.2) is 6.54 Å². The Morgan fingerprint density at radius 3 is 2.58 bits per heavy atom. The molecule has 0 aliphatic carbocycles. The highest BCUT2D eigenvalue weighted by Crippen LogP contribution is 2.33. The molecule has 3 aromatic carbocycles. The van der Waals surface area contributed by atoms with Crippen LogP contribution in [0.2, 0.25) is 0 Å². The Morgan fingerprint density at radius 1 is 1.00 bits per heavy atom. The van der Waals surface area contributed by atoms with Gasteiger partial charge in [-0.25, -0.2) is 5.01 Å². The Kier molecular flexibility index (Phi) is 5.56. The standard InChI is InChI=1S/C27H29N3O/c1-20-9-7-8-16-29(20)19-27(31)30-26(22-11-3-2-4-12-22)18-25(28-30)24-15-14-21-10-5-6-13-23(21)17-24/h2-6,10-15,17,20,26H,7-9,16,18-19H2,1H3/p+1/t20-,26+/m0/s1. The van der Waals surface area contributed by atoms with Crippen molar-refractivity contribution in [3.05, 3.63) is 83.9 Å². The second-order valence-electron chi connectivity index (χ2n) is 8.96. The number of carbonyl (C=O) groups is 1. The van der Waals surface area contributed by atoms with Crippen molar-refractivity contribution in [1.82, 2.24) is 5.01 Å². The van der Waals surface area contributed by atoms with Crippen LogP contribution in [0.1, 0.15) is 49.8 Å². The fraction of sp³-hybridized carbons (Fsp3) is 0.333. The summed E-state index contributed by atoms with van der Waals surface area (Å²) in [5.74, 6) is 0.133. The molecule has 31 heavy (non-hydrogen) atoms. The first-order chi connectivity index (χ1) is 15.2. The van der Waals surface area contributed by atoms with Crippen LogP contribution in [-0.2, 0) is 4.79 Å². The molecule has 0 radical (unpaired) electrons. The van der Waals surface area contributed by atoms with Gasteiger partial charge in [-0.3, -0.25) is 4.79 Å². The van der Waals surface area contributed by atoms with E-state index in [2.05, 4.69) is 61.5 Å². The fourth-order valence-electron chi connectivity index (χ4n) is 5.01. The van der Waals surface area contributed by atoms with Crippen LogP contribution in [-0.4, -0.2) is 35.8 Å². The van der Waals surface area contributed by atoms with Gasteiger partial charge in [0.25, 0.3) is 5.91 Å². The second kappa shape index (κ2) is 8.64. The van der Waals surface area contributed by atoms with Crippen molar-refractivity contribution in [2.45, 2.75) is 44.7 Å². The van der Waals surface area contributed by atoms with E-state index in [0.717, 1.165) is 29.8 Å². The van der Waals surface area contributed by atoms with E-state index in [9.17, 15) is 4.79 Å². The Balaban J connectivity index is 1.45. The van der Waals surface area contributed by atoms with Crippen molar-refractivity contribution in [2.24, 2.45) is 5.10 Å². The largest absolute Gasteiger partial charge is 0.325 e. The van der Waals surface area contributed by atoms with E-state index in [1.807, 2.05) is 18.2 Å². The van der Waals surface area contributed by atoms with Crippen molar-refractivity contribution < 1.29 is 9.69 Å². The number of rotatable bonds is 4. The number of carbonyl (C=O) groups excluding carboxylic acids is 1. The summed E-state index contributed by atoms with van der Waals surface area (Å²) in [6, 6.07) is 25.7. The number of hydrogen-bond acceptors (Lipinski definition) is 2. The van der Waals surface area contributed by atoms with E-state index in [0.29, 0.717) is 12.6 Å². The van der Waals surface area contributed by atoms with Gasteiger partial charge in [0.2, 0.25) is 0 Å². The minimum atomic E-state index is -0.0327. The zero-order chi connectivity index (χ0) is 21.2. The lowest BCUT2D eigenvalue weighted by Gasteiger charge is -2.31. The Labute approximate surface area is 184 Å². The third-order valence-corrected chi connectivity index (χ3v) is 6.89. The third kappa shape index (κ3) is 4.13. The van der Waals surface area contributed by atoms with Gasteiger partial charge < -0.3 is 4.90 Å². The molecule has 2 aliphatic rings. The van der Waals surface area contributed by atoms with Crippen molar-refractivity contribution >= 4 is 22.4 Å². The topological polar surface area (TPSA) is 37.1 Å². The Hall–Kier alpha value is -2.98. The van der Waals surface area contributed by atoms with Crippen LogP contribution in [0.25, 0.3) is 10.8 Å². The molecule has 158 valence electrons. The summed E-state index contributed by atoms with van der Waals surface area (Å²) in [6.45, 7) is 3.88. The molecule has 1 unspecified atom stereocenters. The minimum absolute atomic E-state index is 0.0327. The minimum Gasteiger partial charge on any atom is -0.325 e. The number of amides is 1. The normalized spacial score (nSPS) is 23.7. The molecule has 2 heterocycles. The number of quaternary nitrogens is 1. The molecule has 0 saturated carbocycles. The van der Waals surface area contributed by atoms with Gasteiger partial charge in [-0.05, 0) is 54.2 Å². The highest BCUT2D eigenvalue weighted by atomic mass is 16.2. The van der Waals surface area contributed by atoms with Gasteiger partial charge in [-0.2, -0.15) is 5.10 Å². The van der Waals surface area contributed by atoms with Crippen LogP contribution in [0.15, 0.2) is 77.9 Å². The quantitative estimate of drug-likeness (QED) is 0.692. The van der Waals surface area contributed by atoms with E-state index in [1.54, 1.807) is 5.01 Å². The zero-order valence-corrected chi connectivity index (χ0v) is 18.1. The maximum absolute atomic E-state index is 13.4. The molecule has 1 amide bonds. The molecule has 0 spiro atoms. The molecule has 4 heteroatoms. The summed E-state index contributed by atoms with van der Waals surface area (Å²) in [7, 11) is 0. The van der Waals surface area contributed by atoms with Gasteiger partial charge in [-0.15, -0.1) is 0 Å². The van der Waals surface area contributed by atoms with Gasteiger partial charge in [0, 0.05) is 6.42 Å². The van der Waals surface area contributed by atoms with Gasteiger partial charge >= 0.3 is 0 Å². The van der Waals surface area contributed by atoms with Crippen LogP contribution >= 0.6 is 0 Å². The van der Waals surface area contributed by atoms with E-state index in [4.69, 9.17) is 5.10 Å². The van der Waals surface area contributed by atoms with Crippen molar-refractivity contribution in [3.63, 3.8) is 0 Å². The summed E-state index contributed by atoms with van der Waals surface area (Å²) >= 11 is 0. The molecule has 3 aromatic rings. The SMILES string of the molecule is C[C@H]1CCCC[NH+]1CC(=O)N1N=C(c2ccc3ccccc3c2)C[C@@H]1c1ccccc1. The van der Waals surface area contributed by atoms with Crippen LogP contribution in [0, 0.1) is 0 Å². The Bertz CT molecular complexity index is 1110. The number of likely N-dealkylation sites (tertiary alicyclic amines) is 1. The van der Waals surface area contributed by atoms with Crippen LogP contribution in [0.4, 0.5) is 0 Å². The van der Waals surface area contributed by atoms with Crippen LogP contribution in [0.3, 0.4) is 0 Å². The van der Waals surface area contributed by atoms with Gasteiger partial charge in [0.05, 0.1) is 24.3 Å². The van der Waals surface area contributed by atoms with E-state index in [1.165, 1.54) is 34.9 Å². The molecule has 1 saturated heterocycles. The van der Waals surface area contributed by atoms with E-state index >= 15 is 0 Å². The molecule has 0 bridgehead atoms. The van der Waals surface area contributed by atoms with E-state index < -0.39 is 0 Å². The molecule has 1 fully saturated rings. The summed E-state index contributed by atoms with van der Waals surface area (Å²) < 4.78 is 0. The van der Waals surface area contributed by atoms with E-state index in [-0.39, 0.29) is 11.9 Å². The van der Waals surface area contributed by atoms with Crippen molar-refractivity contribution in [2.75, 3.05) is 13.1 Å². The second-order valence-corrected chi connectivity index (χ2v) is 8.96. The number of nitrogens with zero attached hydrogens (tertiary/aromatic N) is 2. The van der Waals surface area contributed by atoms with Crippen LogP contribution in [0.5, 0.6) is 0 Å². The smallest absolute Gasteiger partial charge is 0.298 e. The fourth-order valence-corrected chi connectivity index (χ4v) is 5.01. The molecular weight excluding hydrogens is 382 g/mol. The van der Waals surface area contributed by atoms with Crippen LogP contribution < -0.4 is 4.90 Å². The highest BCUT2D eigenvalue weighted by molar-refractivity contribution is 6.05. The van der Waals surface area contributed by atoms with Gasteiger partial charge in [0.1, 0.15) is 0 Å². The predicted octanol–water partition coefficient (Wildman–Crippen LogP) is 3.97. The first-order valence-corrected chi connectivity index (χ1v) is 11.5. The zero-order valence-electron chi connectivity index (χ0n) is 18.1. The maximum atomic E-state index is 13.4. The lowest BCUT2D eigenvalue weighted by atomic mass is 9.97. The first-order valence-electron chi connectivity index (χ1n) is 11.5. The number of nitrogens with one attached hydrogen (secondary N) is 1. The molecule has 0 aromatic heterocycles. The van der Waals surface area contributed by atoms with Crippen molar-refractivity contribution in [1.29, 1.82) is 0 Å². The number of benzene rings is 3.